The van der Waals surface area contributed by atoms with E-state index in [9.17, 15) is 20.2 Å². The van der Waals surface area contributed by atoms with Crippen LogP contribution in [0.3, 0.4) is 0 Å². The van der Waals surface area contributed by atoms with Crippen molar-refractivity contribution in [2.45, 2.75) is 11.8 Å². The molecule has 0 saturated heterocycles. The molecule has 0 saturated carbocycles. The minimum absolute atomic E-state index is 0.0131. The van der Waals surface area contributed by atoms with Crippen LogP contribution in [0.1, 0.15) is 17.4 Å². The van der Waals surface area contributed by atoms with Crippen LogP contribution >= 0.6 is 11.8 Å². The molecule has 1 amide bonds. The highest BCUT2D eigenvalue weighted by Gasteiger charge is 2.29. The molecule has 0 unspecified atom stereocenters. The highest BCUT2D eigenvalue weighted by molar-refractivity contribution is 8.03. The second-order valence-electron chi connectivity index (χ2n) is 4.91. The standard InChI is InChI=1S/C15H16N4O4S/c1-23-7-3-6-17-15-12(9-16)13(20)18-14(24-15)10-4-2-5-11(8-10)19(21)22/h2,4-5,8,14,17H,3,6-7H2,1H3,(H,18,20)/t14-/m0/s1. The Morgan fingerprint density at radius 2 is 2.33 bits per heavy atom. The number of nitriles is 1. The molecular formula is C15H16N4O4S. The highest BCUT2D eigenvalue weighted by Crippen LogP contribution is 2.37. The first kappa shape index (κ1) is 17.8. The monoisotopic (exact) mass is 348 g/mol. The average molecular weight is 348 g/mol. The maximum absolute atomic E-state index is 12.1. The van der Waals surface area contributed by atoms with Gasteiger partial charge in [0.25, 0.3) is 11.6 Å². The minimum Gasteiger partial charge on any atom is -0.385 e. The van der Waals surface area contributed by atoms with Crippen molar-refractivity contribution < 1.29 is 14.5 Å². The smallest absolute Gasteiger partial charge is 0.269 e. The molecule has 1 aliphatic rings. The molecule has 1 aromatic carbocycles. The first-order chi connectivity index (χ1) is 11.6. The van der Waals surface area contributed by atoms with Gasteiger partial charge in [-0.1, -0.05) is 23.9 Å². The first-order valence-electron chi connectivity index (χ1n) is 7.16. The van der Waals surface area contributed by atoms with E-state index in [-0.39, 0.29) is 11.3 Å². The van der Waals surface area contributed by atoms with Crippen LogP contribution in [0, 0.1) is 21.4 Å². The molecule has 0 fully saturated rings. The molecule has 8 nitrogen and oxygen atoms in total. The summed E-state index contributed by atoms with van der Waals surface area (Å²) >= 11 is 1.25. The fraction of sp³-hybridized carbons (Fsp3) is 0.333. The molecule has 24 heavy (non-hydrogen) atoms. The van der Waals surface area contributed by atoms with Gasteiger partial charge in [0.15, 0.2) is 0 Å². The number of non-ortho nitro benzene ring substituents is 1. The zero-order chi connectivity index (χ0) is 17.5. The number of nitrogens with zero attached hydrogens (tertiary/aromatic N) is 2. The molecule has 1 atom stereocenters. The summed E-state index contributed by atoms with van der Waals surface area (Å²) in [6.45, 7) is 1.11. The first-order valence-corrected chi connectivity index (χ1v) is 8.04. The number of amides is 1. The zero-order valence-electron chi connectivity index (χ0n) is 12.9. The van der Waals surface area contributed by atoms with Crippen molar-refractivity contribution in [3.05, 3.63) is 50.5 Å². The molecule has 2 rings (SSSR count). The molecule has 9 heteroatoms. The second-order valence-corrected chi connectivity index (χ2v) is 6.03. The Morgan fingerprint density at radius 1 is 1.54 bits per heavy atom. The summed E-state index contributed by atoms with van der Waals surface area (Å²) in [5, 5.41) is 25.8. The van der Waals surface area contributed by atoms with Crippen LogP contribution in [0.5, 0.6) is 0 Å². The summed E-state index contributed by atoms with van der Waals surface area (Å²) in [5.41, 5.74) is 0.557. The average Bonchev–Trinajstić information content (AvgIpc) is 2.58. The van der Waals surface area contributed by atoms with Crippen molar-refractivity contribution in [1.82, 2.24) is 10.6 Å². The van der Waals surface area contributed by atoms with Gasteiger partial charge in [-0.05, 0) is 12.0 Å². The lowest BCUT2D eigenvalue weighted by molar-refractivity contribution is -0.384. The number of nitro groups is 1. The third-order valence-corrected chi connectivity index (χ3v) is 4.47. The molecule has 0 spiro atoms. The number of thioether (sulfide) groups is 1. The van der Waals surface area contributed by atoms with Crippen LogP contribution < -0.4 is 10.6 Å². The Balaban J connectivity index is 2.19. The van der Waals surface area contributed by atoms with E-state index in [1.807, 2.05) is 6.07 Å². The Hall–Kier alpha value is -2.57. The Kier molecular flexibility index (Phi) is 6.17. The second kappa shape index (κ2) is 8.33. The lowest BCUT2D eigenvalue weighted by Crippen LogP contribution is -2.35. The van der Waals surface area contributed by atoms with E-state index >= 15 is 0 Å². The highest BCUT2D eigenvalue weighted by atomic mass is 32.2. The summed E-state index contributed by atoms with van der Waals surface area (Å²) in [5.74, 6) is -0.498. The summed E-state index contributed by atoms with van der Waals surface area (Å²) in [6, 6.07) is 7.96. The van der Waals surface area contributed by atoms with Gasteiger partial charge in [0.1, 0.15) is 17.0 Å². The van der Waals surface area contributed by atoms with Gasteiger partial charge in [0.05, 0.1) is 9.95 Å². The number of rotatable bonds is 7. The fourth-order valence-electron chi connectivity index (χ4n) is 2.10. The van der Waals surface area contributed by atoms with E-state index in [0.717, 1.165) is 6.42 Å². The van der Waals surface area contributed by atoms with Crippen molar-refractivity contribution in [1.29, 1.82) is 5.26 Å². The number of hydrogen-bond donors (Lipinski definition) is 2. The SMILES string of the molecule is COCCCNC1=C(C#N)C(=O)N[C@H](c2cccc([N+](=O)[O-])c2)S1. The van der Waals surface area contributed by atoms with E-state index in [1.54, 1.807) is 19.2 Å². The normalized spacial score (nSPS) is 17.2. The van der Waals surface area contributed by atoms with Crippen molar-refractivity contribution in [3.8, 4) is 6.07 Å². The lowest BCUT2D eigenvalue weighted by Gasteiger charge is -2.26. The van der Waals surface area contributed by atoms with Crippen LogP contribution in [0.25, 0.3) is 0 Å². The molecule has 1 aromatic rings. The minimum atomic E-state index is -0.501. The van der Waals surface area contributed by atoms with Crippen LogP contribution in [0.2, 0.25) is 0 Å². The summed E-state index contributed by atoms with van der Waals surface area (Å²) in [6.07, 6.45) is 0.725. The summed E-state index contributed by atoms with van der Waals surface area (Å²) < 4.78 is 4.96. The van der Waals surface area contributed by atoms with Gasteiger partial charge in [-0.25, -0.2) is 0 Å². The number of hydrogen-bond acceptors (Lipinski definition) is 7. The van der Waals surface area contributed by atoms with Gasteiger partial charge < -0.3 is 15.4 Å². The molecule has 1 aliphatic heterocycles. The van der Waals surface area contributed by atoms with Gasteiger partial charge >= 0.3 is 0 Å². The van der Waals surface area contributed by atoms with Crippen molar-refractivity contribution in [2.24, 2.45) is 0 Å². The maximum atomic E-state index is 12.1. The van der Waals surface area contributed by atoms with Crippen LogP contribution in [0.15, 0.2) is 34.9 Å². The van der Waals surface area contributed by atoms with Gasteiger partial charge in [-0.2, -0.15) is 5.26 Å². The van der Waals surface area contributed by atoms with E-state index in [2.05, 4.69) is 10.6 Å². The Morgan fingerprint density at radius 3 is 3.00 bits per heavy atom. The van der Waals surface area contributed by atoms with Crippen LogP contribution in [-0.2, 0) is 9.53 Å². The van der Waals surface area contributed by atoms with Crippen molar-refractivity contribution in [3.63, 3.8) is 0 Å². The quantitative estimate of drug-likeness (QED) is 0.438. The molecule has 0 radical (unpaired) electrons. The number of nitro benzene ring substituents is 1. The van der Waals surface area contributed by atoms with Crippen LogP contribution in [0.4, 0.5) is 5.69 Å². The molecule has 0 aromatic heterocycles. The van der Waals surface area contributed by atoms with Crippen molar-refractivity contribution >= 4 is 23.4 Å². The van der Waals surface area contributed by atoms with Gasteiger partial charge in [-0.15, -0.1) is 0 Å². The summed E-state index contributed by atoms with van der Waals surface area (Å²) in [7, 11) is 1.60. The topological polar surface area (TPSA) is 117 Å². The van der Waals surface area contributed by atoms with Gasteiger partial charge in [-0.3, -0.25) is 14.9 Å². The molecule has 126 valence electrons. The van der Waals surface area contributed by atoms with E-state index in [0.29, 0.717) is 23.7 Å². The largest absolute Gasteiger partial charge is 0.385 e. The van der Waals surface area contributed by atoms with E-state index in [1.165, 1.54) is 23.9 Å². The Bertz CT molecular complexity index is 714. The molecule has 1 heterocycles. The number of nitrogens with one attached hydrogen (secondary N) is 2. The number of ether oxygens (including phenoxy) is 1. The predicted molar refractivity (Wildman–Crippen MR) is 88.7 cm³/mol. The predicted octanol–water partition coefficient (Wildman–Crippen LogP) is 1.82. The van der Waals surface area contributed by atoms with Crippen LogP contribution in [-0.4, -0.2) is 31.1 Å². The third-order valence-electron chi connectivity index (χ3n) is 3.26. The Labute approximate surface area is 143 Å². The fourth-order valence-corrected chi connectivity index (χ4v) is 3.23. The van der Waals surface area contributed by atoms with Gasteiger partial charge in [0.2, 0.25) is 0 Å². The van der Waals surface area contributed by atoms with Gasteiger partial charge in [0, 0.05) is 32.4 Å². The number of carbonyl (C=O) groups excluding carboxylic acids is 1. The summed E-state index contributed by atoms with van der Waals surface area (Å²) in [4.78, 5) is 22.5. The zero-order valence-corrected chi connectivity index (χ0v) is 13.8. The maximum Gasteiger partial charge on any atom is 0.269 e. The van der Waals surface area contributed by atoms with E-state index < -0.39 is 16.2 Å². The molecular weight excluding hydrogens is 332 g/mol. The van der Waals surface area contributed by atoms with Crippen molar-refractivity contribution in [2.75, 3.05) is 20.3 Å². The lowest BCUT2D eigenvalue weighted by atomic mass is 10.2. The number of methoxy groups -OCH3 is 1. The number of benzene rings is 1. The number of carbonyl (C=O) groups is 1. The van der Waals surface area contributed by atoms with E-state index in [4.69, 9.17) is 4.74 Å². The molecule has 0 bridgehead atoms. The molecule has 2 N–H and O–H groups in total. The molecule has 0 aliphatic carbocycles. The third kappa shape index (κ3) is 4.24.